The van der Waals surface area contributed by atoms with Crippen LogP contribution < -0.4 is 0 Å². The zero-order valence-electron chi connectivity index (χ0n) is 22.9. The van der Waals surface area contributed by atoms with Crippen LogP contribution in [0.4, 0.5) is 4.79 Å². The number of carbonyl (C=O) groups is 3. The lowest BCUT2D eigenvalue weighted by atomic mass is 9.90. The minimum atomic E-state index is -1.10. The fourth-order valence-electron chi connectivity index (χ4n) is 4.89. The predicted octanol–water partition coefficient (Wildman–Crippen LogP) is 5.04. The second-order valence-corrected chi connectivity index (χ2v) is 10.7. The second-order valence-electron chi connectivity index (χ2n) is 9.81. The monoisotopic (exact) mass is 627 g/mol. The fourth-order valence-corrected chi connectivity index (χ4v) is 5.40. The molecule has 3 atom stereocenters. The molecule has 0 spiro atoms. The van der Waals surface area contributed by atoms with Crippen LogP contribution in [0, 0.1) is 5.92 Å². The summed E-state index contributed by atoms with van der Waals surface area (Å²) in [5, 5.41) is 8.90. The molecule has 4 rings (SSSR count). The van der Waals surface area contributed by atoms with E-state index in [2.05, 4.69) is 15.9 Å². The van der Waals surface area contributed by atoms with Crippen LogP contribution in [0.25, 0.3) is 0 Å². The summed E-state index contributed by atoms with van der Waals surface area (Å²) in [7, 11) is 0. The predicted molar refractivity (Wildman–Crippen MR) is 153 cm³/mol. The van der Waals surface area contributed by atoms with Crippen molar-refractivity contribution in [1.82, 2.24) is 4.90 Å². The summed E-state index contributed by atoms with van der Waals surface area (Å²) in [5.74, 6) is -1.16. The number of carbonyl (C=O) groups excluding carboxylic acids is 3. The number of amides is 2. The van der Waals surface area contributed by atoms with E-state index in [1.807, 2.05) is 60.7 Å². The van der Waals surface area contributed by atoms with Crippen LogP contribution in [-0.4, -0.2) is 60.4 Å². The Morgan fingerprint density at radius 1 is 1.07 bits per heavy atom. The van der Waals surface area contributed by atoms with Gasteiger partial charge in [0, 0.05) is 20.0 Å². The first-order chi connectivity index (χ1) is 19.9. The van der Waals surface area contributed by atoms with E-state index in [-0.39, 0.29) is 26.2 Å². The smallest absolute Gasteiger partial charge is 0.416 e. The third-order valence-corrected chi connectivity index (χ3v) is 7.44. The number of aryl methyl sites for hydroxylation is 1. The summed E-state index contributed by atoms with van der Waals surface area (Å²) in [6, 6.07) is 20.1. The lowest BCUT2D eigenvalue weighted by Gasteiger charge is -2.29. The van der Waals surface area contributed by atoms with Gasteiger partial charge in [0.15, 0.2) is 6.10 Å². The molecule has 2 aromatic carbocycles. The van der Waals surface area contributed by atoms with E-state index >= 15 is 0 Å². The lowest BCUT2D eigenvalue weighted by molar-refractivity contribution is -0.155. The SMILES string of the molecule is CC(=O)O[C@@H](c1cc(Br)c(CCCOCCO)o1)[C@H](Cc1ccccc1)C(=O)N1C(=O)OC[C@H]1Cc1ccccc1. The van der Waals surface area contributed by atoms with Gasteiger partial charge in [-0.05, 0) is 52.4 Å². The van der Waals surface area contributed by atoms with E-state index in [9.17, 15) is 14.4 Å². The molecular weight excluding hydrogens is 594 g/mol. The van der Waals surface area contributed by atoms with Crippen LogP contribution in [0.3, 0.4) is 0 Å². The first-order valence-corrected chi connectivity index (χ1v) is 14.4. The van der Waals surface area contributed by atoms with E-state index in [0.717, 1.165) is 16.0 Å². The van der Waals surface area contributed by atoms with Crippen molar-refractivity contribution in [3.8, 4) is 0 Å². The van der Waals surface area contributed by atoms with Crippen LogP contribution >= 0.6 is 15.9 Å². The van der Waals surface area contributed by atoms with Crippen molar-refractivity contribution in [2.24, 2.45) is 5.92 Å². The molecule has 1 aliphatic heterocycles. The molecule has 0 bridgehead atoms. The molecule has 3 aromatic rings. The Morgan fingerprint density at radius 3 is 2.41 bits per heavy atom. The fraction of sp³-hybridized carbons (Fsp3) is 0.387. The Hall–Kier alpha value is -3.47. The Morgan fingerprint density at radius 2 is 1.76 bits per heavy atom. The van der Waals surface area contributed by atoms with Gasteiger partial charge in [-0.2, -0.15) is 0 Å². The van der Waals surface area contributed by atoms with E-state index < -0.39 is 36.0 Å². The number of nitrogens with zero attached hydrogens (tertiary/aromatic N) is 1. The Bertz CT molecular complexity index is 1300. The van der Waals surface area contributed by atoms with Crippen LogP contribution in [0.15, 0.2) is 75.6 Å². The number of cyclic esters (lactones) is 1. The third-order valence-electron chi connectivity index (χ3n) is 6.77. The number of hydrogen-bond acceptors (Lipinski definition) is 8. The van der Waals surface area contributed by atoms with Gasteiger partial charge in [-0.25, -0.2) is 9.69 Å². The molecule has 0 aliphatic carbocycles. The van der Waals surface area contributed by atoms with Gasteiger partial charge in [0.05, 0.1) is 29.6 Å². The molecule has 2 amide bonds. The number of aliphatic hydroxyl groups excluding tert-OH is 1. The van der Waals surface area contributed by atoms with E-state index in [0.29, 0.717) is 41.9 Å². The first-order valence-electron chi connectivity index (χ1n) is 13.6. The number of furan rings is 1. The van der Waals surface area contributed by atoms with Gasteiger partial charge in [0.25, 0.3) is 0 Å². The minimum absolute atomic E-state index is 0.0493. The molecule has 0 radical (unpaired) electrons. The number of benzene rings is 2. The number of rotatable bonds is 14. The summed E-state index contributed by atoms with van der Waals surface area (Å²) < 4.78 is 23.2. The van der Waals surface area contributed by atoms with Crippen molar-refractivity contribution in [2.45, 2.75) is 44.8 Å². The van der Waals surface area contributed by atoms with E-state index in [4.69, 9.17) is 23.7 Å². The topological polar surface area (TPSA) is 116 Å². The van der Waals surface area contributed by atoms with Gasteiger partial charge in [-0.15, -0.1) is 0 Å². The van der Waals surface area contributed by atoms with Gasteiger partial charge in [-0.3, -0.25) is 9.59 Å². The molecule has 41 heavy (non-hydrogen) atoms. The Labute approximate surface area is 247 Å². The van der Waals surface area contributed by atoms with Crippen LogP contribution in [-0.2, 0) is 43.1 Å². The van der Waals surface area contributed by atoms with Crippen LogP contribution in [0.2, 0.25) is 0 Å². The highest BCUT2D eigenvalue weighted by molar-refractivity contribution is 9.10. The first kappa shape index (κ1) is 30.5. The van der Waals surface area contributed by atoms with Crippen molar-refractivity contribution in [3.05, 3.63) is 93.9 Å². The quantitative estimate of drug-likeness (QED) is 0.195. The third kappa shape index (κ3) is 8.28. The summed E-state index contributed by atoms with van der Waals surface area (Å²) >= 11 is 3.53. The molecular formula is C31H34BrNO8. The highest BCUT2D eigenvalue weighted by Crippen LogP contribution is 2.37. The standard InChI is InChI=1S/C31H34BrNO8/c1-21(35)40-29(28-19-26(32)27(41-28)13-8-15-38-16-14-34)25(18-23-11-6-3-7-12-23)30(36)33-24(20-39-31(33)37)17-22-9-4-2-5-10-22/h2-7,9-12,19,24-25,29,34H,8,13-18,20H2,1H3/t24-,25+,29-/m1/s1. The van der Waals surface area contributed by atoms with Gasteiger partial charge in [0.2, 0.25) is 5.91 Å². The minimum Gasteiger partial charge on any atom is -0.461 e. The Balaban J connectivity index is 1.65. The van der Waals surface area contributed by atoms with Crippen molar-refractivity contribution in [1.29, 1.82) is 0 Å². The molecule has 1 aliphatic rings. The van der Waals surface area contributed by atoms with Crippen molar-refractivity contribution in [3.63, 3.8) is 0 Å². The van der Waals surface area contributed by atoms with E-state index in [1.165, 1.54) is 6.92 Å². The molecule has 2 heterocycles. The number of aliphatic hydroxyl groups is 1. The average Bonchev–Trinajstić information content (AvgIpc) is 3.52. The van der Waals surface area contributed by atoms with Crippen molar-refractivity contribution >= 4 is 33.9 Å². The number of imide groups is 1. The summed E-state index contributed by atoms with van der Waals surface area (Å²) in [6.45, 7) is 1.99. The average molecular weight is 629 g/mol. The van der Waals surface area contributed by atoms with Crippen molar-refractivity contribution in [2.75, 3.05) is 26.4 Å². The number of esters is 1. The van der Waals surface area contributed by atoms with Gasteiger partial charge in [-0.1, -0.05) is 60.7 Å². The maximum absolute atomic E-state index is 14.3. The van der Waals surface area contributed by atoms with Crippen molar-refractivity contribution < 1.29 is 38.1 Å². The van der Waals surface area contributed by atoms with Crippen LogP contribution in [0.5, 0.6) is 0 Å². The highest BCUT2D eigenvalue weighted by atomic mass is 79.9. The summed E-state index contributed by atoms with van der Waals surface area (Å²) in [4.78, 5) is 40.7. The largest absolute Gasteiger partial charge is 0.461 e. The highest BCUT2D eigenvalue weighted by Gasteiger charge is 2.45. The molecule has 218 valence electrons. The number of hydrogen-bond donors (Lipinski definition) is 1. The molecule has 9 nitrogen and oxygen atoms in total. The summed E-state index contributed by atoms with van der Waals surface area (Å²) in [5.41, 5.74) is 1.80. The maximum Gasteiger partial charge on any atom is 0.416 e. The van der Waals surface area contributed by atoms with E-state index in [1.54, 1.807) is 6.07 Å². The van der Waals surface area contributed by atoms with Gasteiger partial charge >= 0.3 is 12.1 Å². The molecule has 1 aromatic heterocycles. The van der Waals surface area contributed by atoms with Gasteiger partial charge < -0.3 is 23.7 Å². The number of halogens is 1. The molecule has 1 N–H and O–H groups in total. The number of ether oxygens (including phenoxy) is 3. The second kappa shape index (κ2) is 15.0. The van der Waals surface area contributed by atoms with Crippen LogP contribution in [0.1, 0.15) is 42.1 Å². The molecule has 10 heteroatoms. The molecule has 0 saturated carbocycles. The summed E-state index contributed by atoms with van der Waals surface area (Å²) in [6.07, 6.45) is -0.0303. The zero-order valence-corrected chi connectivity index (χ0v) is 24.5. The zero-order chi connectivity index (χ0) is 29.2. The normalized spacial score (nSPS) is 16.3. The molecule has 1 fully saturated rings. The Kier molecular flexibility index (Phi) is 11.1. The maximum atomic E-state index is 14.3. The lowest BCUT2D eigenvalue weighted by Crippen LogP contribution is -2.46. The van der Waals surface area contributed by atoms with Gasteiger partial charge in [0.1, 0.15) is 18.1 Å². The molecule has 1 saturated heterocycles. The molecule has 0 unspecified atom stereocenters.